The van der Waals surface area contributed by atoms with Crippen molar-refractivity contribution in [1.82, 2.24) is 9.97 Å². The van der Waals surface area contributed by atoms with Gasteiger partial charge in [0.05, 0.1) is 11.0 Å². The summed E-state index contributed by atoms with van der Waals surface area (Å²) in [5.41, 5.74) is 4.16. The molecule has 0 aliphatic heterocycles. The quantitative estimate of drug-likeness (QED) is 0.670. The van der Waals surface area contributed by atoms with Gasteiger partial charge in [-0.15, -0.1) is 11.3 Å². The van der Waals surface area contributed by atoms with Crippen LogP contribution < -0.4 is 0 Å². The number of nitrogens with zero attached hydrogens (tertiary/aromatic N) is 2. The highest BCUT2D eigenvalue weighted by atomic mass is 32.1. The van der Waals surface area contributed by atoms with E-state index in [4.69, 9.17) is 0 Å². The van der Waals surface area contributed by atoms with Gasteiger partial charge in [0.2, 0.25) is 0 Å². The molecule has 0 aliphatic rings. The molecular formula is C13H10N2S. The first-order valence-corrected chi connectivity index (χ1v) is 6.01. The highest BCUT2D eigenvalue weighted by Gasteiger charge is 2.00. The lowest BCUT2D eigenvalue weighted by Gasteiger charge is -2.00. The highest BCUT2D eigenvalue weighted by molar-refractivity contribution is 7.09. The third-order valence-corrected chi connectivity index (χ3v) is 3.29. The summed E-state index contributed by atoms with van der Waals surface area (Å²) in [5.74, 6) is 0. The molecule has 1 aromatic carbocycles. The minimum Gasteiger partial charge on any atom is -0.256 e. The number of hydrogen-bond acceptors (Lipinski definition) is 3. The molecule has 0 N–H and O–H groups in total. The average molecular weight is 226 g/mol. The molecule has 0 fully saturated rings. The molecule has 0 atom stereocenters. The molecule has 0 saturated heterocycles. The largest absolute Gasteiger partial charge is 0.256 e. The molecule has 16 heavy (non-hydrogen) atoms. The molecule has 0 unspecified atom stereocenters. The fourth-order valence-electron chi connectivity index (χ4n) is 1.74. The Morgan fingerprint density at radius 1 is 1.12 bits per heavy atom. The Morgan fingerprint density at radius 2 is 2.06 bits per heavy atom. The van der Waals surface area contributed by atoms with Gasteiger partial charge in [-0.1, -0.05) is 18.2 Å². The van der Waals surface area contributed by atoms with Gasteiger partial charge in [-0.2, -0.15) is 0 Å². The maximum Gasteiger partial charge on any atom is 0.0794 e. The number of fused-ring (bicyclic) bond motifs is 1. The molecule has 3 heteroatoms. The van der Waals surface area contributed by atoms with Gasteiger partial charge >= 0.3 is 0 Å². The number of hydrogen-bond donors (Lipinski definition) is 0. The highest BCUT2D eigenvalue weighted by Crippen LogP contribution is 2.17. The van der Waals surface area contributed by atoms with Crippen molar-refractivity contribution in [2.45, 2.75) is 6.42 Å². The van der Waals surface area contributed by atoms with E-state index < -0.39 is 0 Å². The van der Waals surface area contributed by atoms with E-state index in [-0.39, 0.29) is 0 Å². The van der Waals surface area contributed by atoms with E-state index >= 15 is 0 Å². The van der Waals surface area contributed by atoms with Crippen molar-refractivity contribution in [3.05, 3.63) is 58.7 Å². The topological polar surface area (TPSA) is 25.8 Å². The molecule has 0 amide bonds. The van der Waals surface area contributed by atoms with Crippen molar-refractivity contribution >= 4 is 22.2 Å². The van der Waals surface area contributed by atoms with Crippen molar-refractivity contribution in [2.75, 3.05) is 0 Å². The maximum absolute atomic E-state index is 4.45. The first-order valence-electron chi connectivity index (χ1n) is 5.13. The fraction of sp³-hybridized carbons (Fsp3) is 0.0769. The molecule has 0 bridgehead atoms. The Kier molecular flexibility index (Phi) is 2.38. The summed E-state index contributed by atoms with van der Waals surface area (Å²) in [6.07, 6.45) is 4.78. The number of benzene rings is 1. The molecule has 0 saturated carbocycles. The Balaban J connectivity index is 1.99. The fourth-order valence-corrected chi connectivity index (χ4v) is 2.37. The van der Waals surface area contributed by atoms with Gasteiger partial charge in [0.15, 0.2) is 0 Å². The van der Waals surface area contributed by atoms with Gasteiger partial charge in [0, 0.05) is 29.1 Å². The summed E-state index contributed by atoms with van der Waals surface area (Å²) >= 11 is 1.68. The summed E-state index contributed by atoms with van der Waals surface area (Å²) in [6, 6.07) is 10.4. The van der Waals surface area contributed by atoms with Gasteiger partial charge in [-0.3, -0.25) is 9.97 Å². The summed E-state index contributed by atoms with van der Waals surface area (Å²) in [5, 5.41) is 1.20. The summed E-state index contributed by atoms with van der Waals surface area (Å²) in [6.45, 7) is 0. The van der Waals surface area contributed by atoms with Crippen molar-refractivity contribution in [3.8, 4) is 0 Å². The van der Waals surface area contributed by atoms with Crippen LogP contribution in [0, 0.1) is 0 Å². The lowest BCUT2D eigenvalue weighted by atomic mass is 10.1. The first-order chi connectivity index (χ1) is 7.92. The van der Waals surface area contributed by atoms with Crippen LogP contribution in [0.5, 0.6) is 0 Å². The minimum absolute atomic E-state index is 0.919. The maximum atomic E-state index is 4.45. The van der Waals surface area contributed by atoms with E-state index in [9.17, 15) is 0 Å². The zero-order valence-electron chi connectivity index (χ0n) is 8.63. The lowest BCUT2D eigenvalue weighted by molar-refractivity contribution is 1.19. The third kappa shape index (κ3) is 1.82. The second-order valence-corrected chi connectivity index (χ2v) is 4.65. The second-order valence-electron chi connectivity index (χ2n) is 3.68. The van der Waals surface area contributed by atoms with Crippen LogP contribution in [0.1, 0.15) is 10.4 Å². The van der Waals surface area contributed by atoms with Gasteiger partial charge in [0.1, 0.15) is 0 Å². The molecule has 0 spiro atoms. The summed E-state index contributed by atoms with van der Waals surface area (Å²) < 4.78 is 0. The van der Waals surface area contributed by atoms with Gasteiger partial charge in [-0.25, -0.2) is 0 Å². The van der Waals surface area contributed by atoms with E-state index in [1.165, 1.54) is 15.8 Å². The Hall–Kier alpha value is -1.74. The van der Waals surface area contributed by atoms with Crippen LogP contribution in [0.2, 0.25) is 0 Å². The Labute approximate surface area is 97.6 Å². The first kappa shape index (κ1) is 9.48. The lowest BCUT2D eigenvalue weighted by Crippen LogP contribution is -1.87. The summed E-state index contributed by atoms with van der Waals surface area (Å²) in [4.78, 5) is 9.80. The van der Waals surface area contributed by atoms with Gasteiger partial charge in [0.25, 0.3) is 0 Å². The number of aromatic nitrogens is 2. The SMILES string of the molecule is c1ccc2ncc(Cc3cncs3)cc2c1. The van der Waals surface area contributed by atoms with Gasteiger partial charge < -0.3 is 0 Å². The van der Waals surface area contributed by atoms with Crippen molar-refractivity contribution < 1.29 is 0 Å². The van der Waals surface area contributed by atoms with Crippen molar-refractivity contribution in [2.24, 2.45) is 0 Å². The number of thiazole rings is 1. The van der Waals surface area contributed by atoms with E-state index in [1.807, 2.05) is 36.1 Å². The monoisotopic (exact) mass is 226 g/mol. The van der Waals surface area contributed by atoms with Crippen molar-refractivity contribution in [3.63, 3.8) is 0 Å². The molecule has 3 aromatic rings. The normalized spacial score (nSPS) is 10.8. The van der Waals surface area contributed by atoms with Gasteiger partial charge in [-0.05, 0) is 17.7 Å². The molecular weight excluding hydrogens is 216 g/mol. The molecule has 2 nitrogen and oxygen atoms in total. The van der Waals surface area contributed by atoms with E-state index in [0.29, 0.717) is 0 Å². The minimum atomic E-state index is 0.919. The van der Waals surface area contributed by atoms with Crippen molar-refractivity contribution in [1.29, 1.82) is 0 Å². The van der Waals surface area contributed by atoms with E-state index in [1.54, 1.807) is 11.3 Å². The van der Waals surface area contributed by atoms with Crippen LogP contribution in [0.3, 0.4) is 0 Å². The zero-order valence-corrected chi connectivity index (χ0v) is 9.45. The average Bonchev–Trinajstić information content (AvgIpc) is 2.82. The standard InChI is InChI=1S/C13H10N2S/c1-2-4-13-11(3-1)5-10(7-15-13)6-12-8-14-9-16-12/h1-5,7-9H,6H2. The molecule has 2 aromatic heterocycles. The Bertz CT molecular complexity index is 602. The van der Waals surface area contributed by atoms with Crippen LogP contribution in [0.25, 0.3) is 10.9 Å². The predicted molar refractivity (Wildman–Crippen MR) is 66.7 cm³/mol. The molecule has 78 valence electrons. The number of rotatable bonds is 2. The smallest absolute Gasteiger partial charge is 0.0794 e. The van der Waals surface area contributed by atoms with E-state index in [2.05, 4.69) is 22.1 Å². The molecule has 0 radical (unpaired) electrons. The number of pyridine rings is 1. The van der Waals surface area contributed by atoms with Crippen LogP contribution in [-0.4, -0.2) is 9.97 Å². The van der Waals surface area contributed by atoms with Crippen LogP contribution in [0.15, 0.2) is 48.2 Å². The predicted octanol–water partition coefficient (Wildman–Crippen LogP) is 3.28. The van der Waals surface area contributed by atoms with Crippen LogP contribution in [0.4, 0.5) is 0 Å². The molecule has 0 aliphatic carbocycles. The summed E-state index contributed by atoms with van der Waals surface area (Å²) in [7, 11) is 0. The zero-order chi connectivity index (χ0) is 10.8. The number of para-hydroxylation sites is 1. The second kappa shape index (κ2) is 4.02. The Morgan fingerprint density at radius 3 is 2.94 bits per heavy atom. The van der Waals surface area contributed by atoms with Crippen LogP contribution >= 0.6 is 11.3 Å². The molecule has 2 heterocycles. The van der Waals surface area contributed by atoms with Crippen LogP contribution in [-0.2, 0) is 6.42 Å². The third-order valence-electron chi connectivity index (χ3n) is 2.51. The molecule has 3 rings (SSSR count). The van der Waals surface area contributed by atoms with E-state index in [0.717, 1.165) is 11.9 Å².